The second-order valence-electron chi connectivity index (χ2n) is 5.68. The summed E-state index contributed by atoms with van der Waals surface area (Å²) >= 11 is 0. The van der Waals surface area contributed by atoms with Crippen molar-refractivity contribution in [3.63, 3.8) is 0 Å². The topological polar surface area (TPSA) is 50.4 Å². The minimum absolute atomic E-state index is 0.222. The average Bonchev–Trinajstić information content (AvgIpc) is 2.45. The van der Waals surface area contributed by atoms with Crippen LogP contribution in [0.2, 0.25) is 0 Å². The second-order valence-corrected chi connectivity index (χ2v) is 5.68. The van der Waals surface area contributed by atoms with Gasteiger partial charge in [-0.1, -0.05) is 26.7 Å². The zero-order valence-corrected chi connectivity index (χ0v) is 13.2. The Morgan fingerprint density at radius 1 is 1.10 bits per heavy atom. The fraction of sp³-hybridized carbons (Fsp3) is 0.500. The number of aryl methyl sites for hydroxylation is 2. The maximum atomic E-state index is 12.1. The van der Waals surface area contributed by atoms with Crippen molar-refractivity contribution in [2.45, 2.75) is 59.3 Å². The summed E-state index contributed by atoms with van der Waals surface area (Å²) < 4.78 is 5.40. The van der Waals surface area contributed by atoms with E-state index in [1.54, 1.807) is 6.07 Å². The summed E-state index contributed by atoms with van der Waals surface area (Å²) in [7, 11) is 0. The Morgan fingerprint density at radius 2 is 1.76 bits per heavy atom. The molecule has 0 unspecified atom stereocenters. The predicted molar refractivity (Wildman–Crippen MR) is 86.1 cm³/mol. The number of unbranched alkanes of at least 4 members (excludes halogenated alkanes) is 2. The molecule has 114 valence electrons. The lowest BCUT2D eigenvalue weighted by Gasteiger charge is -2.10. The fourth-order valence-electron chi connectivity index (χ4n) is 2.68. The maximum Gasteiger partial charge on any atom is 0.339 e. The molecule has 0 radical (unpaired) electrons. The molecule has 0 fully saturated rings. The molecule has 0 saturated carbocycles. The minimum Gasteiger partial charge on any atom is -0.508 e. The van der Waals surface area contributed by atoms with E-state index in [1.165, 1.54) is 0 Å². The van der Waals surface area contributed by atoms with E-state index in [9.17, 15) is 9.90 Å². The first-order valence-corrected chi connectivity index (χ1v) is 7.86. The molecule has 0 aliphatic rings. The summed E-state index contributed by atoms with van der Waals surface area (Å²) in [6, 6.07) is 3.56. The van der Waals surface area contributed by atoms with Crippen LogP contribution in [0.25, 0.3) is 11.0 Å². The molecule has 0 spiro atoms. The lowest BCUT2D eigenvalue weighted by atomic mass is 9.98. The molecule has 0 bridgehead atoms. The van der Waals surface area contributed by atoms with Crippen molar-refractivity contribution in [3.05, 3.63) is 39.2 Å². The van der Waals surface area contributed by atoms with E-state index in [4.69, 9.17) is 4.42 Å². The normalized spacial score (nSPS) is 11.2. The van der Waals surface area contributed by atoms with Gasteiger partial charge in [-0.2, -0.15) is 0 Å². The van der Waals surface area contributed by atoms with Crippen LogP contribution in [-0.4, -0.2) is 5.11 Å². The third kappa shape index (κ3) is 3.29. The van der Waals surface area contributed by atoms with E-state index in [0.29, 0.717) is 5.58 Å². The first-order chi connectivity index (χ1) is 10.1. The number of benzene rings is 1. The molecule has 1 aromatic heterocycles. The van der Waals surface area contributed by atoms with Crippen molar-refractivity contribution in [2.75, 3.05) is 0 Å². The van der Waals surface area contributed by atoms with Gasteiger partial charge in [0.1, 0.15) is 11.3 Å². The van der Waals surface area contributed by atoms with Crippen molar-refractivity contribution < 1.29 is 9.52 Å². The highest BCUT2D eigenvalue weighted by molar-refractivity contribution is 5.83. The van der Waals surface area contributed by atoms with Gasteiger partial charge in [-0.05, 0) is 49.8 Å². The summed E-state index contributed by atoms with van der Waals surface area (Å²) in [5.74, 6) is 0.222. The van der Waals surface area contributed by atoms with Crippen LogP contribution in [0.15, 0.2) is 21.3 Å². The highest BCUT2D eigenvalue weighted by Crippen LogP contribution is 2.29. The smallest absolute Gasteiger partial charge is 0.339 e. The third-order valence-corrected chi connectivity index (χ3v) is 4.07. The van der Waals surface area contributed by atoms with E-state index in [-0.39, 0.29) is 11.4 Å². The van der Waals surface area contributed by atoms with Crippen LogP contribution in [0.5, 0.6) is 5.75 Å². The Morgan fingerprint density at radius 3 is 2.43 bits per heavy atom. The molecular formula is C18H24O3. The summed E-state index contributed by atoms with van der Waals surface area (Å²) in [5, 5.41) is 11.0. The Hall–Kier alpha value is -1.77. The lowest BCUT2D eigenvalue weighted by Crippen LogP contribution is -2.10. The summed E-state index contributed by atoms with van der Waals surface area (Å²) in [6.45, 7) is 6.22. The Bertz CT molecular complexity index is 683. The van der Waals surface area contributed by atoms with Crippen molar-refractivity contribution >= 4 is 11.0 Å². The van der Waals surface area contributed by atoms with Crippen molar-refractivity contribution in [1.82, 2.24) is 0 Å². The van der Waals surface area contributed by atoms with Crippen LogP contribution < -0.4 is 5.63 Å². The van der Waals surface area contributed by atoms with Gasteiger partial charge >= 0.3 is 5.63 Å². The van der Waals surface area contributed by atoms with Crippen LogP contribution in [0.4, 0.5) is 0 Å². The zero-order valence-electron chi connectivity index (χ0n) is 13.2. The number of rotatable bonds is 6. The predicted octanol–water partition coefficient (Wildman–Crippen LogP) is 4.49. The number of hydrogen-bond donors (Lipinski definition) is 1. The first kappa shape index (κ1) is 15.6. The van der Waals surface area contributed by atoms with Crippen LogP contribution in [0.1, 0.15) is 56.2 Å². The Labute approximate surface area is 125 Å². The quantitative estimate of drug-likeness (QED) is 0.797. The van der Waals surface area contributed by atoms with Gasteiger partial charge in [0.05, 0.1) is 0 Å². The second kappa shape index (κ2) is 6.79. The fourth-order valence-corrected chi connectivity index (χ4v) is 2.68. The molecule has 0 atom stereocenters. The zero-order chi connectivity index (χ0) is 15.4. The highest BCUT2D eigenvalue weighted by atomic mass is 16.4. The molecule has 1 aromatic carbocycles. The summed E-state index contributed by atoms with van der Waals surface area (Å²) in [6.07, 6.45) is 5.76. The van der Waals surface area contributed by atoms with Gasteiger partial charge in [-0.25, -0.2) is 4.79 Å². The summed E-state index contributed by atoms with van der Waals surface area (Å²) in [5.41, 5.74) is 2.91. The first-order valence-electron chi connectivity index (χ1n) is 7.86. The summed E-state index contributed by atoms with van der Waals surface area (Å²) in [4.78, 5) is 12.1. The molecule has 1 N–H and O–H groups in total. The molecule has 21 heavy (non-hydrogen) atoms. The maximum absolute atomic E-state index is 12.1. The average molecular weight is 288 g/mol. The molecule has 0 aliphatic heterocycles. The molecule has 2 aromatic rings. The van der Waals surface area contributed by atoms with Crippen molar-refractivity contribution in [2.24, 2.45) is 0 Å². The van der Waals surface area contributed by atoms with E-state index in [0.717, 1.165) is 60.6 Å². The lowest BCUT2D eigenvalue weighted by molar-refractivity contribution is 0.464. The standard InChI is InChI=1S/C18H24O3/c1-4-6-8-13-10-15-12(3)14(9-7-5-2)18(20)21-17(15)11-16(13)19/h10-11,19H,4-9H2,1-3H3. The Balaban J connectivity index is 2.55. The van der Waals surface area contributed by atoms with Gasteiger partial charge in [0.2, 0.25) is 0 Å². The number of fused-ring (bicyclic) bond motifs is 1. The molecule has 2 rings (SSSR count). The van der Waals surface area contributed by atoms with Gasteiger partial charge in [0, 0.05) is 17.0 Å². The van der Waals surface area contributed by atoms with Crippen LogP contribution in [0.3, 0.4) is 0 Å². The molecule has 1 heterocycles. The van der Waals surface area contributed by atoms with Crippen molar-refractivity contribution in [3.8, 4) is 5.75 Å². The van der Waals surface area contributed by atoms with Gasteiger partial charge in [0.25, 0.3) is 0 Å². The monoisotopic (exact) mass is 288 g/mol. The molecule has 3 nitrogen and oxygen atoms in total. The van der Waals surface area contributed by atoms with E-state index in [1.807, 2.05) is 13.0 Å². The van der Waals surface area contributed by atoms with Crippen LogP contribution >= 0.6 is 0 Å². The molecule has 0 saturated heterocycles. The van der Waals surface area contributed by atoms with Gasteiger partial charge in [0.15, 0.2) is 0 Å². The number of phenolic OH excluding ortho intramolecular Hbond substituents is 1. The minimum atomic E-state index is -0.269. The molecular weight excluding hydrogens is 264 g/mol. The number of aromatic hydroxyl groups is 1. The van der Waals surface area contributed by atoms with Gasteiger partial charge in [-0.3, -0.25) is 0 Å². The highest BCUT2D eigenvalue weighted by Gasteiger charge is 2.13. The molecule has 0 amide bonds. The largest absolute Gasteiger partial charge is 0.508 e. The van der Waals surface area contributed by atoms with Crippen LogP contribution in [-0.2, 0) is 12.8 Å². The number of phenols is 1. The SMILES string of the molecule is CCCCc1cc2c(C)c(CCCC)c(=O)oc2cc1O. The van der Waals surface area contributed by atoms with Gasteiger partial charge in [-0.15, -0.1) is 0 Å². The van der Waals surface area contributed by atoms with E-state index in [2.05, 4.69) is 13.8 Å². The Kier molecular flexibility index (Phi) is 5.05. The van der Waals surface area contributed by atoms with E-state index >= 15 is 0 Å². The van der Waals surface area contributed by atoms with Gasteiger partial charge < -0.3 is 9.52 Å². The molecule has 0 aliphatic carbocycles. The van der Waals surface area contributed by atoms with E-state index < -0.39 is 0 Å². The molecule has 3 heteroatoms. The number of hydrogen-bond acceptors (Lipinski definition) is 3. The third-order valence-electron chi connectivity index (χ3n) is 4.07. The van der Waals surface area contributed by atoms with Crippen molar-refractivity contribution in [1.29, 1.82) is 0 Å². The van der Waals surface area contributed by atoms with Crippen LogP contribution in [0, 0.1) is 6.92 Å².